The summed E-state index contributed by atoms with van der Waals surface area (Å²) in [5.41, 5.74) is 0. The van der Waals surface area contributed by atoms with Crippen LogP contribution in [0.2, 0.25) is 0 Å². The predicted molar refractivity (Wildman–Crippen MR) is 56.3 cm³/mol. The van der Waals surface area contributed by atoms with Gasteiger partial charge in [-0.25, -0.2) is 0 Å². The Morgan fingerprint density at radius 3 is 2.17 bits per heavy atom. The zero-order chi connectivity index (χ0) is 13.7. The summed E-state index contributed by atoms with van der Waals surface area (Å²) in [7, 11) is 0. The van der Waals surface area contributed by atoms with Gasteiger partial charge in [-0.05, 0) is 0 Å². The topological polar surface area (TPSA) is 88.1 Å². The highest BCUT2D eigenvalue weighted by atomic mass is 16.7. The van der Waals surface area contributed by atoms with Crippen molar-refractivity contribution < 1.29 is 33.3 Å². The molecule has 0 saturated heterocycles. The summed E-state index contributed by atoms with van der Waals surface area (Å²) in [6, 6.07) is 0. The zero-order valence-corrected chi connectivity index (χ0v) is 10.1. The second kappa shape index (κ2) is 5.85. The fraction of sp³-hybridized carbons (Fsp3) is 0.364. The van der Waals surface area contributed by atoms with E-state index in [1.165, 1.54) is 26.2 Å². The predicted octanol–water partition coefficient (Wildman–Crippen LogP) is 0.757. The average molecular weight is 256 g/mol. The molecule has 0 radical (unpaired) electrons. The van der Waals surface area contributed by atoms with Crippen molar-refractivity contribution in [3.63, 3.8) is 0 Å². The molecule has 0 aromatic heterocycles. The maximum Gasteiger partial charge on any atom is 0.308 e. The summed E-state index contributed by atoms with van der Waals surface area (Å²) >= 11 is 0. The Morgan fingerprint density at radius 2 is 1.67 bits per heavy atom. The van der Waals surface area contributed by atoms with E-state index < -0.39 is 24.2 Å². The third kappa shape index (κ3) is 3.93. The molecule has 0 fully saturated rings. The summed E-state index contributed by atoms with van der Waals surface area (Å²) in [6.07, 6.45) is 1.18. The first-order valence-corrected chi connectivity index (χ1v) is 5.00. The molecule has 0 aromatic carbocycles. The molecule has 1 heterocycles. The number of rotatable bonds is 3. The first-order valence-electron chi connectivity index (χ1n) is 5.00. The van der Waals surface area contributed by atoms with Crippen molar-refractivity contribution in [3.05, 3.63) is 23.9 Å². The number of hydrogen-bond donors (Lipinski definition) is 0. The van der Waals surface area contributed by atoms with Crippen LogP contribution in [-0.4, -0.2) is 24.2 Å². The lowest BCUT2D eigenvalue weighted by Crippen LogP contribution is -2.27. The summed E-state index contributed by atoms with van der Waals surface area (Å²) in [5, 5.41) is 0. The fourth-order valence-electron chi connectivity index (χ4n) is 1.16. The Morgan fingerprint density at radius 1 is 1.06 bits per heavy atom. The van der Waals surface area contributed by atoms with Gasteiger partial charge in [0.05, 0.1) is 6.26 Å². The normalized spacial score (nSPS) is 17.8. The highest BCUT2D eigenvalue weighted by molar-refractivity contribution is 5.70. The summed E-state index contributed by atoms with van der Waals surface area (Å²) in [6.45, 7) is 3.50. The molecule has 0 saturated carbocycles. The number of esters is 3. The Labute approximate surface area is 103 Å². The highest BCUT2D eigenvalue weighted by Crippen LogP contribution is 2.23. The van der Waals surface area contributed by atoms with Crippen molar-refractivity contribution >= 4 is 17.9 Å². The van der Waals surface area contributed by atoms with Crippen LogP contribution >= 0.6 is 0 Å². The van der Waals surface area contributed by atoms with Gasteiger partial charge in [0.1, 0.15) is 0 Å². The van der Waals surface area contributed by atoms with Gasteiger partial charge in [0.15, 0.2) is 5.76 Å². The van der Waals surface area contributed by atoms with Crippen LogP contribution in [0.15, 0.2) is 23.9 Å². The lowest BCUT2D eigenvalue weighted by molar-refractivity contribution is -0.171. The molecule has 7 nitrogen and oxygen atoms in total. The first kappa shape index (κ1) is 13.8. The molecular formula is C11H12O7. The third-order valence-electron chi connectivity index (χ3n) is 1.66. The van der Waals surface area contributed by atoms with E-state index in [0.29, 0.717) is 0 Å². The molecule has 0 spiro atoms. The van der Waals surface area contributed by atoms with E-state index in [-0.39, 0.29) is 11.5 Å². The van der Waals surface area contributed by atoms with Gasteiger partial charge in [-0.15, -0.1) is 0 Å². The molecule has 1 aliphatic rings. The van der Waals surface area contributed by atoms with Gasteiger partial charge in [-0.3, -0.25) is 14.4 Å². The second-order valence-corrected chi connectivity index (χ2v) is 3.30. The van der Waals surface area contributed by atoms with Crippen LogP contribution in [0, 0.1) is 0 Å². The molecular weight excluding hydrogens is 244 g/mol. The number of ether oxygens (including phenoxy) is 4. The fourth-order valence-corrected chi connectivity index (χ4v) is 1.16. The van der Waals surface area contributed by atoms with Gasteiger partial charge in [-0.2, -0.15) is 0 Å². The summed E-state index contributed by atoms with van der Waals surface area (Å²) < 4.78 is 19.4. The molecule has 0 aliphatic carbocycles. The van der Waals surface area contributed by atoms with Gasteiger partial charge in [0, 0.05) is 26.8 Å². The molecule has 1 unspecified atom stereocenters. The van der Waals surface area contributed by atoms with Gasteiger partial charge < -0.3 is 18.9 Å². The van der Waals surface area contributed by atoms with E-state index in [1.54, 1.807) is 0 Å². The molecule has 18 heavy (non-hydrogen) atoms. The van der Waals surface area contributed by atoms with Crippen molar-refractivity contribution in [2.24, 2.45) is 0 Å². The van der Waals surface area contributed by atoms with E-state index in [1.807, 2.05) is 0 Å². The lowest BCUT2D eigenvalue weighted by atomic mass is 10.3. The zero-order valence-electron chi connectivity index (χ0n) is 10.1. The van der Waals surface area contributed by atoms with Gasteiger partial charge >= 0.3 is 24.2 Å². The van der Waals surface area contributed by atoms with Crippen LogP contribution in [0.1, 0.15) is 20.8 Å². The Hall–Kier alpha value is -2.31. The number of allylic oxidation sites excluding steroid dienone is 1. The minimum absolute atomic E-state index is 0.0461. The molecule has 1 rings (SSSR count). The molecule has 0 aromatic rings. The molecule has 98 valence electrons. The van der Waals surface area contributed by atoms with E-state index >= 15 is 0 Å². The molecule has 1 aliphatic heterocycles. The quantitative estimate of drug-likeness (QED) is 0.544. The van der Waals surface area contributed by atoms with Crippen molar-refractivity contribution in [1.82, 2.24) is 0 Å². The smallest absolute Gasteiger partial charge is 0.308 e. The summed E-state index contributed by atoms with van der Waals surface area (Å²) in [5.74, 6) is -2.14. The van der Waals surface area contributed by atoms with Crippen LogP contribution in [0.4, 0.5) is 0 Å². The SMILES string of the molecule is CC(=O)OC1=C(OC(C)=O)C(OC(C)=O)OC=C1. The Bertz CT molecular complexity index is 433. The summed E-state index contributed by atoms with van der Waals surface area (Å²) in [4.78, 5) is 32.7. The number of carbonyl (C=O) groups is 3. The molecule has 1 atom stereocenters. The Balaban J connectivity index is 3.02. The molecule has 0 N–H and O–H groups in total. The van der Waals surface area contributed by atoms with Crippen molar-refractivity contribution in [2.75, 3.05) is 0 Å². The highest BCUT2D eigenvalue weighted by Gasteiger charge is 2.29. The average Bonchev–Trinajstić information content (AvgIpc) is 2.20. The molecule has 7 heteroatoms. The van der Waals surface area contributed by atoms with Crippen molar-refractivity contribution in [3.8, 4) is 0 Å². The van der Waals surface area contributed by atoms with Crippen LogP contribution in [0.25, 0.3) is 0 Å². The van der Waals surface area contributed by atoms with Crippen LogP contribution < -0.4 is 0 Å². The van der Waals surface area contributed by atoms with E-state index in [9.17, 15) is 14.4 Å². The number of hydrogen-bond acceptors (Lipinski definition) is 7. The third-order valence-corrected chi connectivity index (χ3v) is 1.66. The van der Waals surface area contributed by atoms with Crippen molar-refractivity contribution in [2.45, 2.75) is 27.1 Å². The van der Waals surface area contributed by atoms with E-state index in [0.717, 1.165) is 6.92 Å². The van der Waals surface area contributed by atoms with Gasteiger partial charge in [-0.1, -0.05) is 0 Å². The maximum absolute atomic E-state index is 11.0. The lowest BCUT2D eigenvalue weighted by Gasteiger charge is -2.22. The van der Waals surface area contributed by atoms with Crippen LogP contribution in [-0.2, 0) is 33.3 Å². The maximum atomic E-state index is 11.0. The van der Waals surface area contributed by atoms with Gasteiger partial charge in [0.2, 0.25) is 5.76 Å². The largest absolute Gasteiger partial charge is 0.455 e. The van der Waals surface area contributed by atoms with E-state index in [4.69, 9.17) is 18.9 Å². The Kier molecular flexibility index (Phi) is 4.47. The first-order chi connectivity index (χ1) is 8.40. The van der Waals surface area contributed by atoms with Crippen molar-refractivity contribution in [1.29, 1.82) is 0 Å². The number of carbonyl (C=O) groups excluding carboxylic acids is 3. The monoisotopic (exact) mass is 256 g/mol. The van der Waals surface area contributed by atoms with E-state index in [2.05, 4.69) is 0 Å². The minimum atomic E-state index is -1.26. The van der Waals surface area contributed by atoms with Crippen LogP contribution in [0.3, 0.4) is 0 Å². The molecule has 0 bridgehead atoms. The minimum Gasteiger partial charge on any atom is -0.455 e. The standard InChI is InChI=1S/C11H12O7/c1-6(12)16-9-4-5-15-11(18-8(3)14)10(9)17-7(2)13/h4-5,11H,1-3H3. The van der Waals surface area contributed by atoms with Gasteiger partial charge in [0.25, 0.3) is 0 Å². The van der Waals surface area contributed by atoms with Crippen LogP contribution in [0.5, 0.6) is 0 Å². The second-order valence-electron chi connectivity index (χ2n) is 3.30. The molecule has 0 amide bonds.